The Labute approximate surface area is 88.5 Å². The Balaban J connectivity index is 2.06. The van der Waals surface area contributed by atoms with Crippen molar-refractivity contribution in [1.29, 1.82) is 0 Å². The lowest BCUT2D eigenvalue weighted by molar-refractivity contribution is -0.285. The highest BCUT2D eigenvalue weighted by molar-refractivity contribution is 5.19. The molecule has 15 heavy (non-hydrogen) atoms. The number of hydrogen-bond donors (Lipinski definition) is 4. The normalized spacial score (nSPS) is 62.4. The fourth-order valence-electron chi connectivity index (χ4n) is 4.85. The molecule has 4 fully saturated rings. The average Bonchev–Trinajstić information content (AvgIpc) is 1.94. The van der Waals surface area contributed by atoms with Crippen LogP contribution in [0.15, 0.2) is 0 Å². The number of hydrogen-bond acceptors (Lipinski definition) is 4. The lowest BCUT2D eigenvalue weighted by atomic mass is 9.45. The van der Waals surface area contributed by atoms with E-state index in [9.17, 15) is 20.4 Å². The van der Waals surface area contributed by atoms with Crippen molar-refractivity contribution in [1.82, 2.24) is 0 Å². The van der Waals surface area contributed by atoms with E-state index < -0.39 is 22.2 Å². The maximum absolute atomic E-state index is 10.3. The molecule has 4 aliphatic carbocycles. The summed E-state index contributed by atoms with van der Waals surface area (Å²) in [6.07, 6.45) is 2.60. The topological polar surface area (TPSA) is 80.9 Å². The van der Waals surface area contributed by atoms with Crippen molar-refractivity contribution in [3.8, 4) is 0 Å². The molecule has 0 amide bonds. The van der Waals surface area contributed by atoms with E-state index in [1.165, 1.54) is 0 Å². The fourth-order valence-corrected chi connectivity index (χ4v) is 4.85. The van der Waals surface area contributed by atoms with Gasteiger partial charge in [-0.15, -0.1) is 0 Å². The standard InChI is InChI=1S/C11H18O4/c12-7-8-1-9(13)4-10(14,2-8)6-11(15,3-8)5-9/h12-15H,1-7H2. The minimum atomic E-state index is -0.971. The van der Waals surface area contributed by atoms with Crippen molar-refractivity contribution < 1.29 is 20.4 Å². The lowest BCUT2D eigenvalue weighted by Crippen LogP contribution is -2.70. The first-order valence-corrected chi connectivity index (χ1v) is 5.58. The zero-order chi connectivity index (χ0) is 10.9. The highest BCUT2D eigenvalue weighted by atomic mass is 16.3. The van der Waals surface area contributed by atoms with Gasteiger partial charge in [-0.3, -0.25) is 0 Å². The maximum Gasteiger partial charge on any atom is 0.0708 e. The third-order valence-electron chi connectivity index (χ3n) is 4.42. The molecule has 4 aliphatic rings. The van der Waals surface area contributed by atoms with Crippen LogP contribution in [0.1, 0.15) is 38.5 Å². The van der Waals surface area contributed by atoms with E-state index >= 15 is 0 Å². The van der Waals surface area contributed by atoms with Crippen LogP contribution in [0.3, 0.4) is 0 Å². The molecule has 86 valence electrons. The second-order valence-corrected chi connectivity index (χ2v) is 6.39. The predicted octanol–water partition coefficient (Wildman–Crippen LogP) is -0.460. The van der Waals surface area contributed by atoms with Crippen molar-refractivity contribution in [2.24, 2.45) is 5.41 Å². The summed E-state index contributed by atoms with van der Waals surface area (Å²) >= 11 is 0. The number of aliphatic hydroxyl groups excluding tert-OH is 1. The van der Waals surface area contributed by atoms with Crippen LogP contribution in [-0.2, 0) is 0 Å². The van der Waals surface area contributed by atoms with Crippen molar-refractivity contribution >= 4 is 0 Å². The molecule has 4 nitrogen and oxygen atoms in total. The van der Waals surface area contributed by atoms with Gasteiger partial charge < -0.3 is 20.4 Å². The highest BCUT2D eigenvalue weighted by Crippen LogP contribution is 2.64. The molecule has 0 radical (unpaired) electrons. The molecule has 4 saturated carbocycles. The van der Waals surface area contributed by atoms with Gasteiger partial charge in [-0.05, 0) is 19.3 Å². The first-order valence-electron chi connectivity index (χ1n) is 5.58. The summed E-state index contributed by atoms with van der Waals surface area (Å²) in [6, 6.07) is 0. The molecular formula is C11H18O4. The summed E-state index contributed by atoms with van der Waals surface area (Å²) in [6.45, 7) is -0.0556. The van der Waals surface area contributed by atoms with Crippen LogP contribution >= 0.6 is 0 Å². The summed E-state index contributed by atoms with van der Waals surface area (Å²) in [4.78, 5) is 0. The number of aliphatic hydroxyl groups is 4. The Hall–Kier alpha value is -0.160. The van der Waals surface area contributed by atoms with E-state index in [1.807, 2.05) is 0 Å². The Morgan fingerprint density at radius 2 is 1.00 bits per heavy atom. The van der Waals surface area contributed by atoms with Crippen molar-refractivity contribution in [2.45, 2.75) is 55.3 Å². The van der Waals surface area contributed by atoms with Crippen LogP contribution in [0, 0.1) is 5.41 Å². The Morgan fingerprint density at radius 3 is 1.27 bits per heavy atom. The minimum Gasteiger partial charge on any atom is -0.396 e. The molecule has 0 aromatic carbocycles. The summed E-state index contributed by atoms with van der Waals surface area (Å²) < 4.78 is 0. The smallest absolute Gasteiger partial charge is 0.0708 e. The molecule has 4 bridgehead atoms. The largest absolute Gasteiger partial charge is 0.396 e. The molecule has 0 aromatic heterocycles. The van der Waals surface area contributed by atoms with Gasteiger partial charge in [0, 0.05) is 31.3 Å². The van der Waals surface area contributed by atoms with Gasteiger partial charge in [0.15, 0.2) is 0 Å². The third kappa shape index (κ3) is 1.29. The zero-order valence-corrected chi connectivity index (χ0v) is 8.74. The lowest BCUT2D eigenvalue weighted by Gasteiger charge is -2.65. The Kier molecular flexibility index (Phi) is 1.60. The molecule has 4 N–H and O–H groups in total. The molecule has 0 spiro atoms. The van der Waals surface area contributed by atoms with Gasteiger partial charge in [0.25, 0.3) is 0 Å². The summed E-state index contributed by atoms with van der Waals surface area (Å²) in [5.41, 5.74) is -3.38. The quantitative estimate of drug-likeness (QED) is 0.476. The van der Waals surface area contributed by atoms with Crippen LogP contribution in [-0.4, -0.2) is 43.8 Å². The molecule has 4 rings (SSSR count). The average molecular weight is 214 g/mol. The van der Waals surface area contributed by atoms with E-state index in [4.69, 9.17) is 0 Å². The fraction of sp³-hybridized carbons (Fsp3) is 1.00. The van der Waals surface area contributed by atoms with Crippen molar-refractivity contribution in [3.05, 3.63) is 0 Å². The van der Waals surface area contributed by atoms with Crippen LogP contribution in [0.25, 0.3) is 0 Å². The Bertz CT molecular complexity index is 260. The summed E-state index contributed by atoms with van der Waals surface area (Å²) in [5, 5.41) is 40.3. The van der Waals surface area contributed by atoms with E-state index in [0.29, 0.717) is 38.5 Å². The second-order valence-electron chi connectivity index (χ2n) is 6.39. The summed E-state index contributed by atoms with van der Waals surface area (Å²) in [7, 11) is 0. The summed E-state index contributed by atoms with van der Waals surface area (Å²) in [5.74, 6) is 0. The predicted molar refractivity (Wildman–Crippen MR) is 52.1 cm³/mol. The molecule has 0 saturated heterocycles. The van der Waals surface area contributed by atoms with Gasteiger partial charge >= 0.3 is 0 Å². The van der Waals surface area contributed by atoms with Crippen molar-refractivity contribution in [2.75, 3.05) is 6.61 Å². The molecule has 0 aromatic rings. The van der Waals surface area contributed by atoms with Crippen molar-refractivity contribution in [3.63, 3.8) is 0 Å². The van der Waals surface area contributed by atoms with E-state index in [2.05, 4.69) is 0 Å². The Morgan fingerprint density at radius 1 is 0.667 bits per heavy atom. The SMILES string of the molecule is OCC12CC3(O)CC(O)(CC(O)(C3)C1)C2. The molecule has 0 heterocycles. The van der Waals surface area contributed by atoms with E-state index in [1.54, 1.807) is 0 Å². The molecule has 0 unspecified atom stereocenters. The van der Waals surface area contributed by atoms with Gasteiger partial charge in [-0.25, -0.2) is 0 Å². The molecular weight excluding hydrogens is 196 g/mol. The monoisotopic (exact) mass is 214 g/mol. The third-order valence-corrected chi connectivity index (χ3v) is 4.42. The van der Waals surface area contributed by atoms with Gasteiger partial charge in [-0.1, -0.05) is 0 Å². The van der Waals surface area contributed by atoms with Gasteiger partial charge in [-0.2, -0.15) is 0 Å². The first-order chi connectivity index (χ1) is 6.80. The number of rotatable bonds is 1. The van der Waals surface area contributed by atoms with Crippen LogP contribution < -0.4 is 0 Å². The van der Waals surface area contributed by atoms with Gasteiger partial charge in [0.2, 0.25) is 0 Å². The van der Waals surface area contributed by atoms with Gasteiger partial charge in [0.1, 0.15) is 0 Å². The minimum absolute atomic E-state index is 0.0556. The van der Waals surface area contributed by atoms with Crippen LogP contribution in [0.4, 0.5) is 0 Å². The van der Waals surface area contributed by atoms with E-state index in [0.717, 1.165) is 0 Å². The first kappa shape index (κ1) is 10.0. The van der Waals surface area contributed by atoms with E-state index in [-0.39, 0.29) is 6.61 Å². The molecule has 0 atom stereocenters. The van der Waals surface area contributed by atoms with Crippen LogP contribution in [0.2, 0.25) is 0 Å². The highest BCUT2D eigenvalue weighted by Gasteiger charge is 2.67. The second kappa shape index (κ2) is 2.40. The zero-order valence-electron chi connectivity index (χ0n) is 8.74. The molecule has 0 aliphatic heterocycles. The van der Waals surface area contributed by atoms with Gasteiger partial charge in [0.05, 0.1) is 16.8 Å². The maximum atomic E-state index is 10.3. The molecule has 4 heteroatoms. The van der Waals surface area contributed by atoms with Crippen LogP contribution in [0.5, 0.6) is 0 Å².